The number of ether oxygens (including phenoxy) is 3. The zero-order valence-electron chi connectivity index (χ0n) is 14.6. The molecule has 1 aliphatic heterocycles. The molecule has 6 nitrogen and oxygen atoms in total. The van der Waals surface area contributed by atoms with Crippen LogP contribution in [-0.4, -0.2) is 40.2 Å². The first-order chi connectivity index (χ1) is 11.3. The fraction of sp³-hybridized carbons (Fsp3) is 0.529. The second kappa shape index (κ2) is 7.96. The van der Waals surface area contributed by atoms with Gasteiger partial charge in [-0.2, -0.15) is 0 Å². The van der Waals surface area contributed by atoms with Crippen molar-refractivity contribution >= 4 is 17.3 Å². The van der Waals surface area contributed by atoms with E-state index in [2.05, 4.69) is 19.2 Å². The Bertz CT molecular complexity index is 582. The van der Waals surface area contributed by atoms with Gasteiger partial charge in [0.05, 0.1) is 37.6 Å². The predicted molar refractivity (Wildman–Crippen MR) is 96.2 cm³/mol. The average Bonchev–Trinajstić information content (AvgIpc) is 2.56. The van der Waals surface area contributed by atoms with Gasteiger partial charge in [-0.25, -0.2) is 0 Å². The Morgan fingerprint density at radius 1 is 1.46 bits per heavy atom. The second-order valence-corrected chi connectivity index (χ2v) is 6.98. The van der Waals surface area contributed by atoms with Gasteiger partial charge in [0, 0.05) is 24.7 Å². The highest BCUT2D eigenvalue weighted by Crippen LogP contribution is 2.30. The molecule has 0 aliphatic carbocycles. The molecule has 1 saturated heterocycles. The largest absolute Gasteiger partial charge is 0.497 e. The van der Waals surface area contributed by atoms with Crippen molar-refractivity contribution in [1.29, 1.82) is 0 Å². The molecule has 7 heteroatoms. The van der Waals surface area contributed by atoms with Gasteiger partial charge in [-0.3, -0.25) is 0 Å². The molecule has 0 amide bonds. The van der Waals surface area contributed by atoms with Crippen molar-refractivity contribution in [3.05, 3.63) is 35.2 Å². The molecule has 1 aromatic carbocycles. The Morgan fingerprint density at radius 2 is 2.12 bits per heavy atom. The molecule has 0 unspecified atom stereocenters. The van der Waals surface area contributed by atoms with Crippen LogP contribution in [0.25, 0.3) is 0 Å². The van der Waals surface area contributed by atoms with E-state index in [0.29, 0.717) is 36.4 Å². The summed E-state index contributed by atoms with van der Waals surface area (Å²) in [5, 5.41) is 3.72. The normalized spacial score (nSPS) is 18.3. The number of halogens is 1. The summed E-state index contributed by atoms with van der Waals surface area (Å²) >= 11 is 6.23. The van der Waals surface area contributed by atoms with Gasteiger partial charge < -0.3 is 30.2 Å². The third kappa shape index (κ3) is 4.93. The lowest BCUT2D eigenvalue weighted by Gasteiger charge is -2.34. The van der Waals surface area contributed by atoms with Gasteiger partial charge in [0.25, 0.3) is 0 Å². The van der Waals surface area contributed by atoms with Crippen molar-refractivity contribution in [2.75, 3.05) is 38.8 Å². The number of nitrogens with one attached hydrogen (secondary N) is 1. The van der Waals surface area contributed by atoms with Crippen molar-refractivity contribution < 1.29 is 14.2 Å². The van der Waals surface area contributed by atoms with Gasteiger partial charge in [0.2, 0.25) is 0 Å². The second-order valence-electron chi connectivity index (χ2n) is 6.57. The van der Waals surface area contributed by atoms with E-state index in [0.717, 1.165) is 5.69 Å². The first-order valence-electron chi connectivity index (χ1n) is 7.82. The number of methoxy groups -OCH3 is 1. The zero-order valence-corrected chi connectivity index (χ0v) is 15.4. The SMILES string of the molecule is COc1ccc(Cl)c(N(C)/C(N)=C/NCC2OCC(C)(C)CO2)c1. The van der Waals surface area contributed by atoms with Gasteiger partial charge in [0.15, 0.2) is 6.29 Å². The van der Waals surface area contributed by atoms with E-state index in [4.69, 9.17) is 31.5 Å². The molecule has 0 spiro atoms. The Morgan fingerprint density at radius 3 is 2.75 bits per heavy atom. The number of anilines is 1. The predicted octanol–water partition coefficient (Wildman–Crippen LogP) is 2.53. The fourth-order valence-electron chi connectivity index (χ4n) is 2.22. The first-order valence-corrected chi connectivity index (χ1v) is 8.20. The minimum Gasteiger partial charge on any atom is -0.497 e. The minimum absolute atomic E-state index is 0.0642. The molecular weight excluding hydrogens is 330 g/mol. The van der Waals surface area contributed by atoms with E-state index in [1.54, 1.807) is 30.3 Å². The molecule has 134 valence electrons. The maximum Gasteiger partial charge on any atom is 0.174 e. The molecule has 1 fully saturated rings. The summed E-state index contributed by atoms with van der Waals surface area (Å²) in [5.74, 6) is 1.23. The van der Waals surface area contributed by atoms with Gasteiger partial charge in [-0.1, -0.05) is 25.4 Å². The number of nitrogens with zero attached hydrogens (tertiary/aromatic N) is 1. The number of rotatable bonds is 6. The van der Waals surface area contributed by atoms with Crippen molar-refractivity contribution in [1.82, 2.24) is 5.32 Å². The molecule has 0 aromatic heterocycles. The lowest BCUT2D eigenvalue weighted by Crippen LogP contribution is -2.42. The van der Waals surface area contributed by atoms with Crippen molar-refractivity contribution in [2.45, 2.75) is 20.1 Å². The average molecular weight is 356 g/mol. The summed E-state index contributed by atoms with van der Waals surface area (Å²) in [6.45, 7) is 6.11. The molecule has 3 N–H and O–H groups in total. The molecular formula is C17H26ClN3O3. The van der Waals surface area contributed by atoms with Crippen molar-refractivity contribution in [3.8, 4) is 5.75 Å². The van der Waals surface area contributed by atoms with E-state index < -0.39 is 0 Å². The Hall–Kier alpha value is -1.63. The summed E-state index contributed by atoms with van der Waals surface area (Å²) < 4.78 is 16.5. The molecule has 1 aliphatic rings. The van der Waals surface area contributed by atoms with Gasteiger partial charge in [-0.05, 0) is 12.1 Å². The van der Waals surface area contributed by atoms with Crippen molar-refractivity contribution in [3.63, 3.8) is 0 Å². The monoisotopic (exact) mass is 355 g/mol. The van der Waals surface area contributed by atoms with E-state index in [-0.39, 0.29) is 11.7 Å². The fourth-order valence-corrected chi connectivity index (χ4v) is 2.46. The summed E-state index contributed by atoms with van der Waals surface area (Å²) in [6.07, 6.45) is 1.44. The van der Waals surface area contributed by atoms with E-state index in [1.165, 1.54) is 0 Å². The van der Waals surface area contributed by atoms with Gasteiger partial charge >= 0.3 is 0 Å². The zero-order chi connectivity index (χ0) is 17.7. The number of hydrogen-bond donors (Lipinski definition) is 2. The lowest BCUT2D eigenvalue weighted by atomic mass is 9.96. The summed E-state index contributed by atoms with van der Waals surface area (Å²) in [7, 11) is 3.45. The number of hydrogen-bond acceptors (Lipinski definition) is 6. The summed E-state index contributed by atoms with van der Waals surface area (Å²) in [6, 6.07) is 5.41. The van der Waals surface area contributed by atoms with E-state index in [1.807, 2.05) is 13.1 Å². The highest BCUT2D eigenvalue weighted by Gasteiger charge is 2.27. The van der Waals surface area contributed by atoms with E-state index in [9.17, 15) is 0 Å². The molecule has 2 rings (SSSR count). The molecule has 24 heavy (non-hydrogen) atoms. The smallest absolute Gasteiger partial charge is 0.174 e. The quantitative estimate of drug-likeness (QED) is 0.817. The van der Waals surface area contributed by atoms with Crippen LogP contribution in [-0.2, 0) is 9.47 Å². The van der Waals surface area contributed by atoms with E-state index >= 15 is 0 Å². The summed E-state index contributed by atoms with van der Waals surface area (Å²) in [5.41, 5.74) is 6.94. The van der Waals surface area contributed by atoms with Crippen LogP contribution in [0.5, 0.6) is 5.75 Å². The standard InChI is InChI=1S/C17H26ClN3O3/c1-17(2)10-23-16(24-11-17)9-20-8-15(19)21(3)14-7-12(22-4)5-6-13(14)18/h5-8,16,20H,9-11,19H2,1-4H3/b15-8+. The van der Waals surface area contributed by atoms with Crippen LogP contribution in [0.4, 0.5) is 5.69 Å². The molecule has 0 saturated carbocycles. The Balaban J connectivity index is 1.91. The highest BCUT2D eigenvalue weighted by atomic mass is 35.5. The molecule has 1 aromatic rings. The lowest BCUT2D eigenvalue weighted by molar-refractivity contribution is -0.217. The first kappa shape index (κ1) is 18.7. The molecule has 0 atom stereocenters. The summed E-state index contributed by atoms with van der Waals surface area (Å²) in [4.78, 5) is 1.78. The maximum atomic E-state index is 6.23. The minimum atomic E-state index is -0.271. The van der Waals surface area contributed by atoms with Crippen LogP contribution in [0.1, 0.15) is 13.8 Å². The Kier molecular flexibility index (Phi) is 6.21. The number of benzene rings is 1. The van der Waals surface area contributed by atoms with Crippen LogP contribution < -0.4 is 20.7 Å². The molecule has 0 bridgehead atoms. The van der Waals surface area contributed by atoms with Crippen molar-refractivity contribution in [2.24, 2.45) is 11.1 Å². The molecule has 0 radical (unpaired) electrons. The molecule has 1 heterocycles. The van der Waals surface area contributed by atoms with Crippen LogP contribution >= 0.6 is 11.6 Å². The Labute approximate surface area is 148 Å². The van der Waals surface area contributed by atoms with Gasteiger partial charge in [0.1, 0.15) is 11.6 Å². The topological polar surface area (TPSA) is 69.0 Å². The van der Waals surface area contributed by atoms with Gasteiger partial charge in [-0.15, -0.1) is 0 Å². The van der Waals surface area contributed by atoms with Crippen LogP contribution in [0.3, 0.4) is 0 Å². The highest BCUT2D eigenvalue weighted by molar-refractivity contribution is 6.33. The van der Waals surface area contributed by atoms with Crippen LogP contribution in [0, 0.1) is 5.41 Å². The third-order valence-electron chi connectivity index (χ3n) is 3.76. The third-order valence-corrected chi connectivity index (χ3v) is 4.08. The number of nitrogens with two attached hydrogens (primary N) is 1. The van der Waals surface area contributed by atoms with Crippen LogP contribution in [0.15, 0.2) is 30.2 Å². The van der Waals surface area contributed by atoms with Crippen LogP contribution in [0.2, 0.25) is 5.02 Å². The maximum absolute atomic E-state index is 6.23.